The number of hydrogen-bond donors (Lipinski definition) is 2. The van der Waals surface area contributed by atoms with Crippen molar-refractivity contribution in [2.24, 2.45) is 0 Å². The second kappa shape index (κ2) is 6.07. The highest BCUT2D eigenvalue weighted by Crippen LogP contribution is 2.17. The van der Waals surface area contributed by atoms with Crippen molar-refractivity contribution in [3.63, 3.8) is 0 Å². The van der Waals surface area contributed by atoms with Crippen LogP contribution in [0.5, 0.6) is 0 Å². The summed E-state index contributed by atoms with van der Waals surface area (Å²) < 4.78 is 26.4. The maximum Gasteiger partial charge on any atom is 0.319 e. The Morgan fingerprint density at radius 2 is 2.10 bits per heavy atom. The maximum absolute atomic E-state index is 13.4. The van der Waals surface area contributed by atoms with E-state index in [1.807, 2.05) is 13.8 Å². The first-order chi connectivity index (χ1) is 9.86. The molecule has 2 N–H and O–H groups in total. The zero-order valence-electron chi connectivity index (χ0n) is 11.8. The van der Waals surface area contributed by atoms with Crippen LogP contribution in [0.15, 0.2) is 18.2 Å². The van der Waals surface area contributed by atoms with Gasteiger partial charge in [0, 0.05) is 25.1 Å². The molecular weight excluding hydrogens is 280 g/mol. The standard InChI is InChI=1S/C14H17F2N3O2/c1-8(2)19-7-10(6-13(19)20)17-14(21)18-12-5-9(15)3-4-11(12)16/h3-5,8,10H,6-7H2,1-2H3,(H2,17,18,21). The van der Waals surface area contributed by atoms with Crippen LogP contribution in [-0.2, 0) is 4.79 Å². The van der Waals surface area contributed by atoms with Gasteiger partial charge in [-0.2, -0.15) is 0 Å². The number of likely N-dealkylation sites (tertiary alicyclic amines) is 1. The van der Waals surface area contributed by atoms with Crippen LogP contribution in [-0.4, -0.2) is 35.5 Å². The fourth-order valence-electron chi connectivity index (χ4n) is 2.26. The van der Waals surface area contributed by atoms with Crippen LogP contribution in [0.1, 0.15) is 20.3 Å². The molecule has 1 heterocycles. The highest BCUT2D eigenvalue weighted by molar-refractivity contribution is 5.90. The van der Waals surface area contributed by atoms with Crippen LogP contribution < -0.4 is 10.6 Å². The lowest BCUT2D eigenvalue weighted by Crippen LogP contribution is -2.41. The molecule has 1 unspecified atom stereocenters. The van der Waals surface area contributed by atoms with Crippen molar-refractivity contribution >= 4 is 17.6 Å². The zero-order chi connectivity index (χ0) is 15.6. The van der Waals surface area contributed by atoms with E-state index in [9.17, 15) is 18.4 Å². The Morgan fingerprint density at radius 1 is 1.38 bits per heavy atom. The fraction of sp³-hybridized carbons (Fsp3) is 0.429. The highest BCUT2D eigenvalue weighted by Gasteiger charge is 2.32. The average molecular weight is 297 g/mol. The summed E-state index contributed by atoms with van der Waals surface area (Å²) in [5, 5.41) is 4.83. The van der Waals surface area contributed by atoms with Gasteiger partial charge >= 0.3 is 6.03 Å². The molecule has 1 atom stereocenters. The van der Waals surface area contributed by atoms with Crippen LogP contribution >= 0.6 is 0 Å². The zero-order valence-corrected chi connectivity index (χ0v) is 11.8. The van der Waals surface area contributed by atoms with Crippen LogP contribution in [0.3, 0.4) is 0 Å². The van der Waals surface area contributed by atoms with Gasteiger partial charge in [0.1, 0.15) is 11.6 Å². The van der Waals surface area contributed by atoms with E-state index in [1.54, 1.807) is 4.90 Å². The van der Waals surface area contributed by atoms with Crippen molar-refractivity contribution in [1.82, 2.24) is 10.2 Å². The van der Waals surface area contributed by atoms with E-state index in [2.05, 4.69) is 10.6 Å². The SMILES string of the molecule is CC(C)N1CC(NC(=O)Nc2cc(F)ccc2F)CC1=O. The van der Waals surface area contributed by atoms with Crippen molar-refractivity contribution in [1.29, 1.82) is 0 Å². The second-order valence-corrected chi connectivity index (χ2v) is 5.26. The molecule has 5 nitrogen and oxygen atoms in total. The van der Waals surface area contributed by atoms with Gasteiger partial charge in [-0.05, 0) is 26.0 Å². The van der Waals surface area contributed by atoms with E-state index in [1.165, 1.54) is 0 Å². The molecule has 0 aromatic heterocycles. The number of nitrogens with zero attached hydrogens (tertiary/aromatic N) is 1. The Labute approximate surface area is 121 Å². The summed E-state index contributed by atoms with van der Waals surface area (Å²) in [5.74, 6) is -1.40. The second-order valence-electron chi connectivity index (χ2n) is 5.26. The Hall–Kier alpha value is -2.18. The van der Waals surface area contributed by atoms with E-state index in [0.29, 0.717) is 6.54 Å². The monoisotopic (exact) mass is 297 g/mol. The van der Waals surface area contributed by atoms with Gasteiger partial charge in [0.2, 0.25) is 5.91 Å². The number of benzene rings is 1. The molecule has 0 saturated carbocycles. The molecular formula is C14H17F2N3O2. The van der Waals surface area contributed by atoms with Gasteiger partial charge in [0.15, 0.2) is 0 Å². The van der Waals surface area contributed by atoms with Crippen LogP contribution in [0, 0.1) is 11.6 Å². The molecule has 1 saturated heterocycles. The number of nitrogens with one attached hydrogen (secondary N) is 2. The first-order valence-corrected chi connectivity index (χ1v) is 6.69. The van der Waals surface area contributed by atoms with Crippen LogP contribution in [0.4, 0.5) is 19.3 Å². The van der Waals surface area contributed by atoms with Crippen molar-refractivity contribution in [2.75, 3.05) is 11.9 Å². The Morgan fingerprint density at radius 3 is 2.71 bits per heavy atom. The third-order valence-corrected chi connectivity index (χ3v) is 3.29. The number of carbonyl (C=O) groups is 2. The Kier molecular flexibility index (Phi) is 4.40. The minimum Gasteiger partial charge on any atom is -0.338 e. The molecule has 0 spiro atoms. The molecule has 21 heavy (non-hydrogen) atoms. The first kappa shape index (κ1) is 15.2. The summed E-state index contributed by atoms with van der Waals surface area (Å²) in [7, 11) is 0. The van der Waals surface area contributed by atoms with Crippen LogP contribution in [0.2, 0.25) is 0 Å². The lowest BCUT2D eigenvalue weighted by molar-refractivity contribution is -0.129. The molecule has 1 aromatic rings. The molecule has 3 amide bonds. The van der Waals surface area contributed by atoms with E-state index in [0.717, 1.165) is 18.2 Å². The number of urea groups is 1. The van der Waals surface area contributed by atoms with Crippen LogP contribution in [0.25, 0.3) is 0 Å². The van der Waals surface area contributed by atoms with E-state index in [4.69, 9.17) is 0 Å². The number of hydrogen-bond acceptors (Lipinski definition) is 2. The van der Waals surface area contributed by atoms with Gasteiger partial charge in [-0.15, -0.1) is 0 Å². The third-order valence-electron chi connectivity index (χ3n) is 3.29. The van der Waals surface area contributed by atoms with Gasteiger partial charge in [0.05, 0.1) is 11.7 Å². The molecule has 2 rings (SSSR count). The van der Waals surface area contributed by atoms with E-state index in [-0.39, 0.29) is 30.1 Å². The van der Waals surface area contributed by atoms with Crippen molar-refractivity contribution < 1.29 is 18.4 Å². The van der Waals surface area contributed by atoms with E-state index < -0.39 is 17.7 Å². The van der Waals surface area contributed by atoms with Gasteiger partial charge in [-0.25, -0.2) is 13.6 Å². The van der Waals surface area contributed by atoms with Gasteiger partial charge in [0.25, 0.3) is 0 Å². The molecule has 0 bridgehead atoms. The summed E-state index contributed by atoms with van der Waals surface area (Å²) in [6.45, 7) is 4.19. The molecule has 1 aromatic carbocycles. The van der Waals surface area contributed by atoms with Crippen molar-refractivity contribution in [3.05, 3.63) is 29.8 Å². The summed E-state index contributed by atoms with van der Waals surface area (Å²) in [4.78, 5) is 25.1. The smallest absolute Gasteiger partial charge is 0.319 e. The molecule has 1 fully saturated rings. The number of anilines is 1. The minimum absolute atomic E-state index is 0.0350. The maximum atomic E-state index is 13.4. The first-order valence-electron chi connectivity index (χ1n) is 6.69. The molecule has 1 aliphatic heterocycles. The lowest BCUT2D eigenvalue weighted by Gasteiger charge is -2.21. The van der Waals surface area contributed by atoms with Gasteiger partial charge in [-0.1, -0.05) is 0 Å². The number of amides is 3. The quantitative estimate of drug-likeness (QED) is 0.897. The molecule has 7 heteroatoms. The molecule has 0 aliphatic carbocycles. The molecule has 114 valence electrons. The van der Waals surface area contributed by atoms with Gasteiger partial charge in [-0.3, -0.25) is 4.79 Å². The predicted molar refractivity (Wildman–Crippen MR) is 73.8 cm³/mol. The Bertz CT molecular complexity index is 563. The van der Waals surface area contributed by atoms with E-state index >= 15 is 0 Å². The summed E-state index contributed by atoms with van der Waals surface area (Å²) >= 11 is 0. The largest absolute Gasteiger partial charge is 0.338 e. The summed E-state index contributed by atoms with van der Waals surface area (Å²) in [5.41, 5.74) is -0.238. The highest BCUT2D eigenvalue weighted by atomic mass is 19.1. The molecule has 1 aliphatic rings. The fourth-order valence-corrected chi connectivity index (χ4v) is 2.26. The minimum atomic E-state index is -0.724. The predicted octanol–water partition coefficient (Wildman–Crippen LogP) is 2.10. The number of rotatable bonds is 3. The van der Waals surface area contributed by atoms with Crippen molar-refractivity contribution in [2.45, 2.75) is 32.4 Å². The third kappa shape index (κ3) is 3.68. The topological polar surface area (TPSA) is 61.4 Å². The Balaban J connectivity index is 1.94. The van der Waals surface area contributed by atoms with Gasteiger partial charge < -0.3 is 15.5 Å². The lowest BCUT2D eigenvalue weighted by atomic mass is 10.2. The number of halogens is 2. The summed E-state index contributed by atoms with van der Waals surface area (Å²) in [6.07, 6.45) is 0.206. The number of carbonyl (C=O) groups excluding carboxylic acids is 2. The summed E-state index contributed by atoms with van der Waals surface area (Å²) in [6, 6.07) is 1.86. The normalized spacial score (nSPS) is 18.2. The average Bonchev–Trinajstić information content (AvgIpc) is 2.74. The van der Waals surface area contributed by atoms with Crippen molar-refractivity contribution in [3.8, 4) is 0 Å². The molecule has 0 radical (unpaired) electrons.